The maximum atomic E-state index is 10.4. The first kappa shape index (κ1) is 11.2. The minimum atomic E-state index is 0.116. The fourth-order valence-corrected chi connectivity index (χ4v) is 1.74. The number of aldehydes is 1. The molecule has 3 heteroatoms. The molecule has 1 rings (SSSR count). The average molecular weight is 302 g/mol. The van der Waals surface area contributed by atoms with Crippen molar-refractivity contribution in [2.75, 3.05) is 0 Å². The van der Waals surface area contributed by atoms with Crippen molar-refractivity contribution < 1.29 is 9.90 Å². The lowest BCUT2D eigenvalue weighted by Crippen LogP contribution is -1.95. The number of allylic oxidation sites excluding steroid dienone is 1. The lowest BCUT2D eigenvalue weighted by atomic mass is 9.96. The monoisotopic (exact) mass is 302 g/mol. The Balaban J connectivity index is 2.87. The third-order valence-corrected chi connectivity index (χ3v) is 2.39. The van der Waals surface area contributed by atoms with Crippen LogP contribution in [0.15, 0.2) is 34.4 Å². The summed E-state index contributed by atoms with van der Waals surface area (Å²) in [5.41, 5.74) is 1.04. The van der Waals surface area contributed by atoms with E-state index in [9.17, 15) is 4.79 Å². The molecule has 1 N–H and O–H groups in total. The van der Waals surface area contributed by atoms with Crippen LogP contribution in [0.25, 0.3) is 0 Å². The van der Waals surface area contributed by atoms with Crippen LogP contribution in [0.3, 0.4) is 0 Å². The average Bonchev–Trinajstić information content (AvgIpc) is 2.19. The first-order valence-corrected chi connectivity index (χ1v) is 5.52. The lowest BCUT2D eigenvalue weighted by molar-refractivity contribution is -0.108. The summed E-state index contributed by atoms with van der Waals surface area (Å²) in [5.74, 6) is 0.363. The number of phenolic OH excluding ortho intramolecular Hbond substituents is 1. The van der Waals surface area contributed by atoms with E-state index >= 15 is 0 Å². The normalized spacial score (nSPS) is 12.9. The van der Waals surface area contributed by atoms with Crippen LogP contribution in [0.1, 0.15) is 17.9 Å². The molecular weight excluding hydrogens is 291 g/mol. The van der Waals surface area contributed by atoms with E-state index in [1.54, 1.807) is 12.1 Å². The molecule has 0 radical (unpaired) electrons. The fraction of sp³-hybridized carbons (Fsp3) is 0.182. The van der Waals surface area contributed by atoms with Gasteiger partial charge in [-0.15, -0.1) is 0 Å². The van der Waals surface area contributed by atoms with Crippen LogP contribution in [0.4, 0.5) is 0 Å². The molecule has 0 fully saturated rings. The molecule has 0 aliphatic rings. The molecule has 74 valence electrons. The molecule has 0 spiro atoms. The van der Waals surface area contributed by atoms with Crippen LogP contribution in [-0.4, -0.2) is 11.4 Å². The quantitative estimate of drug-likeness (QED) is 0.686. The van der Waals surface area contributed by atoms with Gasteiger partial charge in [-0.05, 0) is 21.8 Å². The molecule has 0 aromatic heterocycles. The Kier molecular flexibility index (Phi) is 4.65. The summed E-state index contributed by atoms with van der Waals surface area (Å²) in [5, 5.41) is 9.11. The van der Waals surface area contributed by atoms with E-state index < -0.39 is 0 Å². The molecule has 0 aliphatic heterocycles. The predicted molar refractivity (Wildman–Crippen MR) is 64.7 cm³/mol. The van der Waals surface area contributed by atoms with Crippen LogP contribution in [0, 0.1) is 0 Å². The largest absolute Gasteiger partial charge is 0.508 e. The number of aromatic hydroxyl groups is 1. The van der Waals surface area contributed by atoms with E-state index in [0.717, 1.165) is 11.8 Å². The van der Waals surface area contributed by atoms with Gasteiger partial charge >= 0.3 is 0 Å². The summed E-state index contributed by atoms with van der Waals surface area (Å²) in [4.78, 5) is 10.4. The highest BCUT2D eigenvalue weighted by atomic mass is 127. The standard InChI is InChI=1S/C11H11IO2/c12-7-5-10(6-8-13)9-1-3-11(14)4-2-9/h1-5,7-8,10,14H,6H2/b7-5+/t10-/m1/s1. The second-order valence-corrected chi connectivity index (χ2v) is 3.64. The van der Waals surface area contributed by atoms with Gasteiger partial charge in [0.25, 0.3) is 0 Å². The van der Waals surface area contributed by atoms with Gasteiger partial charge in [0.2, 0.25) is 0 Å². The van der Waals surface area contributed by atoms with Crippen molar-refractivity contribution in [2.24, 2.45) is 0 Å². The highest BCUT2D eigenvalue weighted by Crippen LogP contribution is 2.22. The van der Waals surface area contributed by atoms with Crippen molar-refractivity contribution >= 4 is 28.9 Å². The Morgan fingerprint density at radius 1 is 1.36 bits per heavy atom. The Labute approximate surface area is 96.8 Å². The minimum absolute atomic E-state index is 0.116. The van der Waals surface area contributed by atoms with E-state index in [-0.39, 0.29) is 11.7 Å². The van der Waals surface area contributed by atoms with Crippen molar-refractivity contribution in [2.45, 2.75) is 12.3 Å². The minimum Gasteiger partial charge on any atom is -0.508 e. The van der Waals surface area contributed by atoms with Gasteiger partial charge in [0.05, 0.1) is 0 Å². The number of benzene rings is 1. The molecule has 1 atom stereocenters. The number of halogens is 1. The molecule has 0 heterocycles. The number of phenols is 1. The zero-order valence-electron chi connectivity index (χ0n) is 7.56. The zero-order valence-corrected chi connectivity index (χ0v) is 9.72. The second-order valence-electron chi connectivity index (χ2n) is 2.92. The molecule has 0 aliphatic carbocycles. The number of rotatable bonds is 4. The molecule has 14 heavy (non-hydrogen) atoms. The molecule has 0 amide bonds. The number of hydrogen-bond donors (Lipinski definition) is 1. The maximum absolute atomic E-state index is 10.4. The van der Waals surface area contributed by atoms with Gasteiger partial charge < -0.3 is 9.90 Å². The molecule has 0 saturated carbocycles. The molecule has 0 unspecified atom stereocenters. The topological polar surface area (TPSA) is 37.3 Å². The fourth-order valence-electron chi connectivity index (χ4n) is 1.24. The van der Waals surface area contributed by atoms with Crippen LogP contribution in [0.2, 0.25) is 0 Å². The third kappa shape index (κ3) is 3.14. The summed E-state index contributed by atoms with van der Waals surface area (Å²) in [7, 11) is 0. The van der Waals surface area contributed by atoms with Crippen molar-refractivity contribution in [3.8, 4) is 5.75 Å². The first-order chi connectivity index (χ1) is 6.77. The summed E-state index contributed by atoms with van der Waals surface area (Å²) in [6.07, 6.45) is 3.36. The molecular formula is C11H11IO2. The van der Waals surface area contributed by atoms with Crippen molar-refractivity contribution in [1.82, 2.24) is 0 Å². The number of carbonyl (C=O) groups excluding carboxylic acids is 1. The van der Waals surface area contributed by atoms with Crippen LogP contribution < -0.4 is 0 Å². The van der Waals surface area contributed by atoms with Crippen LogP contribution >= 0.6 is 22.6 Å². The first-order valence-electron chi connectivity index (χ1n) is 4.27. The Hall–Kier alpha value is -0.840. The summed E-state index contributed by atoms with van der Waals surface area (Å²) in [6, 6.07) is 6.93. The SMILES string of the molecule is O=CC[C@@H](/C=C/I)c1ccc(O)cc1. The Morgan fingerprint density at radius 2 is 2.00 bits per heavy atom. The van der Waals surface area contributed by atoms with E-state index in [1.165, 1.54) is 0 Å². The van der Waals surface area contributed by atoms with Gasteiger partial charge in [-0.25, -0.2) is 0 Å². The zero-order chi connectivity index (χ0) is 10.4. The lowest BCUT2D eigenvalue weighted by Gasteiger charge is -2.08. The van der Waals surface area contributed by atoms with Crippen molar-refractivity contribution in [3.05, 3.63) is 40.0 Å². The van der Waals surface area contributed by atoms with Gasteiger partial charge in [-0.2, -0.15) is 0 Å². The molecule has 1 aromatic carbocycles. The second kappa shape index (κ2) is 5.80. The smallest absolute Gasteiger partial charge is 0.120 e. The van der Waals surface area contributed by atoms with Crippen molar-refractivity contribution in [1.29, 1.82) is 0 Å². The number of hydrogen-bond acceptors (Lipinski definition) is 2. The molecule has 2 nitrogen and oxygen atoms in total. The summed E-state index contributed by atoms with van der Waals surface area (Å²) >= 11 is 2.13. The molecule has 0 saturated heterocycles. The van der Waals surface area contributed by atoms with Gasteiger partial charge in [-0.1, -0.05) is 40.8 Å². The Bertz CT molecular complexity index is 317. The van der Waals surface area contributed by atoms with E-state index in [1.807, 2.05) is 22.3 Å². The Morgan fingerprint density at radius 3 is 2.50 bits per heavy atom. The maximum Gasteiger partial charge on any atom is 0.120 e. The van der Waals surface area contributed by atoms with Gasteiger partial charge in [0.1, 0.15) is 12.0 Å². The predicted octanol–water partition coefficient (Wildman–Crippen LogP) is 3.01. The van der Waals surface area contributed by atoms with Gasteiger partial charge in [0.15, 0.2) is 0 Å². The summed E-state index contributed by atoms with van der Waals surface area (Å²) in [6.45, 7) is 0. The van der Waals surface area contributed by atoms with Gasteiger partial charge in [0, 0.05) is 12.3 Å². The summed E-state index contributed by atoms with van der Waals surface area (Å²) < 4.78 is 1.90. The van der Waals surface area contributed by atoms with Gasteiger partial charge in [-0.3, -0.25) is 0 Å². The van der Waals surface area contributed by atoms with Crippen LogP contribution in [0.5, 0.6) is 5.75 Å². The van der Waals surface area contributed by atoms with E-state index in [0.29, 0.717) is 6.42 Å². The number of carbonyl (C=O) groups is 1. The van der Waals surface area contributed by atoms with E-state index in [4.69, 9.17) is 5.11 Å². The van der Waals surface area contributed by atoms with E-state index in [2.05, 4.69) is 22.6 Å². The third-order valence-electron chi connectivity index (χ3n) is 1.98. The molecule has 1 aromatic rings. The van der Waals surface area contributed by atoms with Crippen molar-refractivity contribution in [3.63, 3.8) is 0 Å². The highest BCUT2D eigenvalue weighted by molar-refractivity contribution is 14.1. The highest BCUT2D eigenvalue weighted by Gasteiger charge is 2.06. The van der Waals surface area contributed by atoms with Crippen LogP contribution in [-0.2, 0) is 4.79 Å². The molecule has 0 bridgehead atoms.